The summed E-state index contributed by atoms with van der Waals surface area (Å²) in [6, 6.07) is 6.77. The first kappa shape index (κ1) is 17.4. The first-order valence-electron chi connectivity index (χ1n) is 7.10. The Labute approximate surface area is 134 Å². The molecule has 9 heteroatoms. The second-order valence-electron chi connectivity index (χ2n) is 5.17. The van der Waals surface area contributed by atoms with Gasteiger partial charge in [0, 0.05) is 18.8 Å². The fourth-order valence-corrected chi connectivity index (χ4v) is 3.37. The molecule has 1 aromatic rings. The van der Waals surface area contributed by atoms with Crippen LogP contribution in [-0.4, -0.2) is 51.0 Å². The fraction of sp³-hybridized carbons (Fsp3) is 0.429. The molecule has 8 nitrogen and oxygen atoms in total. The van der Waals surface area contributed by atoms with Crippen LogP contribution >= 0.6 is 0 Å². The molecule has 0 radical (unpaired) electrons. The third-order valence-electron chi connectivity index (χ3n) is 3.33. The van der Waals surface area contributed by atoms with Gasteiger partial charge in [-0.3, -0.25) is 9.59 Å². The summed E-state index contributed by atoms with van der Waals surface area (Å²) < 4.78 is 28.2. The van der Waals surface area contributed by atoms with E-state index >= 15 is 0 Å². The fourth-order valence-electron chi connectivity index (χ4n) is 2.07. The summed E-state index contributed by atoms with van der Waals surface area (Å²) in [7, 11) is -3.14. The highest BCUT2D eigenvalue weighted by molar-refractivity contribution is 7.91. The van der Waals surface area contributed by atoms with Crippen molar-refractivity contribution in [2.45, 2.75) is 12.6 Å². The molecule has 1 aliphatic rings. The van der Waals surface area contributed by atoms with Crippen LogP contribution in [0.5, 0.6) is 0 Å². The van der Waals surface area contributed by atoms with Gasteiger partial charge in [0.15, 0.2) is 9.84 Å². The summed E-state index contributed by atoms with van der Waals surface area (Å²) in [4.78, 5) is 23.5. The van der Waals surface area contributed by atoms with E-state index in [1.807, 2.05) is 0 Å². The summed E-state index contributed by atoms with van der Waals surface area (Å²) in [5.41, 5.74) is 6.85. The van der Waals surface area contributed by atoms with Crippen molar-refractivity contribution in [2.75, 3.05) is 30.0 Å². The maximum atomic E-state index is 11.8. The van der Waals surface area contributed by atoms with Crippen LogP contribution in [0.3, 0.4) is 0 Å². The van der Waals surface area contributed by atoms with Crippen molar-refractivity contribution in [3.8, 4) is 0 Å². The van der Waals surface area contributed by atoms with Gasteiger partial charge in [-0.1, -0.05) is 12.1 Å². The second kappa shape index (κ2) is 7.53. The minimum Gasteiger partial charge on any atom is -0.374 e. The Morgan fingerprint density at radius 2 is 1.91 bits per heavy atom. The Morgan fingerprint density at radius 1 is 1.22 bits per heavy atom. The van der Waals surface area contributed by atoms with E-state index in [-0.39, 0.29) is 24.7 Å². The first-order valence-corrected chi connectivity index (χ1v) is 8.92. The molecule has 1 unspecified atom stereocenters. The molecule has 0 aliphatic carbocycles. The van der Waals surface area contributed by atoms with Crippen molar-refractivity contribution in [1.82, 2.24) is 5.32 Å². The molecule has 2 amide bonds. The van der Waals surface area contributed by atoms with Gasteiger partial charge < -0.3 is 21.1 Å². The van der Waals surface area contributed by atoms with E-state index in [9.17, 15) is 18.0 Å². The highest BCUT2D eigenvalue weighted by Gasteiger charge is 2.26. The lowest BCUT2D eigenvalue weighted by Gasteiger charge is -2.22. The van der Waals surface area contributed by atoms with Crippen LogP contribution in [0.25, 0.3) is 0 Å². The Bertz CT molecular complexity index is 672. The number of ether oxygens (including phenoxy) is 1. The Morgan fingerprint density at radius 3 is 2.52 bits per heavy atom. The summed E-state index contributed by atoms with van der Waals surface area (Å²) in [6.45, 7) is 0.458. The minimum absolute atomic E-state index is 0.0171. The van der Waals surface area contributed by atoms with Gasteiger partial charge in [0.2, 0.25) is 0 Å². The zero-order valence-corrected chi connectivity index (χ0v) is 13.3. The van der Waals surface area contributed by atoms with E-state index in [1.165, 1.54) is 0 Å². The predicted molar refractivity (Wildman–Crippen MR) is 84.4 cm³/mol. The van der Waals surface area contributed by atoms with Gasteiger partial charge in [-0.25, -0.2) is 8.42 Å². The number of hydrogen-bond acceptors (Lipinski definition) is 6. The van der Waals surface area contributed by atoms with Gasteiger partial charge >= 0.3 is 11.8 Å². The lowest BCUT2D eigenvalue weighted by atomic mass is 10.2. The van der Waals surface area contributed by atoms with E-state index in [1.54, 1.807) is 24.3 Å². The predicted octanol–water partition coefficient (Wildman–Crippen LogP) is -0.986. The molecule has 126 valence electrons. The normalized spacial score (nSPS) is 19.8. The van der Waals surface area contributed by atoms with Crippen molar-refractivity contribution in [3.63, 3.8) is 0 Å². The van der Waals surface area contributed by atoms with Crippen LogP contribution in [0.2, 0.25) is 0 Å². The number of rotatable bonds is 4. The third-order valence-corrected chi connectivity index (χ3v) is 5.00. The number of amides is 2. The van der Waals surface area contributed by atoms with Gasteiger partial charge in [0.1, 0.15) is 0 Å². The molecule has 0 bridgehead atoms. The molecule has 1 aliphatic heterocycles. The lowest BCUT2D eigenvalue weighted by molar-refractivity contribution is -0.136. The van der Waals surface area contributed by atoms with E-state index in [0.29, 0.717) is 12.2 Å². The van der Waals surface area contributed by atoms with Crippen LogP contribution < -0.4 is 16.4 Å². The molecule has 1 fully saturated rings. The van der Waals surface area contributed by atoms with Crippen molar-refractivity contribution < 1.29 is 22.7 Å². The average Bonchev–Trinajstić information content (AvgIpc) is 2.52. The maximum Gasteiger partial charge on any atom is 0.313 e. The number of sulfone groups is 1. The highest BCUT2D eigenvalue weighted by atomic mass is 32.2. The van der Waals surface area contributed by atoms with Crippen LogP contribution in [0.4, 0.5) is 5.69 Å². The number of nitrogens with two attached hydrogens (primary N) is 1. The van der Waals surface area contributed by atoms with E-state index in [2.05, 4.69) is 10.6 Å². The van der Waals surface area contributed by atoms with E-state index in [4.69, 9.17) is 10.5 Å². The Kier molecular flexibility index (Phi) is 5.69. The molecular formula is C14H19N3O5S. The smallest absolute Gasteiger partial charge is 0.313 e. The molecule has 1 aromatic carbocycles. The molecule has 1 atom stereocenters. The number of hydrogen-bond donors (Lipinski definition) is 3. The molecular weight excluding hydrogens is 322 g/mol. The van der Waals surface area contributed by atoms with Gasteiger partial charge in [0.25, 0.3) is 0 Å². The molecule has 1 saturated heterocycles. The average molecular weight is 341 g/mol. The molecule has 0 saturated carbocycles. The van der Waals surface area contributed by atoms with Gasteiger partial charge in [-0.05, 0) is 17.7 Å². The standard InChI is InChI=1S/C14H19N3O5S/c15-7-10-1-3-11(4-2-10)17-14(19)13(18)16-8-12-9-23(20,21)6-5-22-12/h1-4,12H,5-9,15H2,(H,16,18)(H,17,19). The minimum atomic E-state index is -3.14. The van der Waals surface area contributed by atoms with Gasteiger partial charge in [-0.15, -0.1) is 0 Å². The Balaban J connectivity index is 1.81. The molecule has 2 rings (SSSR count). The summed E-state index contributed by atoms with van der Waals surface area (Å²) in [6.07, 6.45) is -0.630. The SMILES string of the molecule is NCc1ccc(NC(=O)C(=O)NCC2CS(=O)(=O)CCO2)cc1. The third kappa shape index (κ3) is 5.31. The summed E-state index contributed by atoms with van der Waals surface area (Å²) in [5, 5.41) is 4.82. The molecule has 4 N–H and O–H groups in total. The van der Waals surface area contributed by atoms with Crippen LogP contribution in [0, 0.1) is 0 Å². The number of anilines is 1. The molecule has 1 heterocycles. The monoisotopic (exact) mass is 341 g/mol. The van der Waals surface area contributed by atoms with Crippen molar-refractivity contribution in [3.05, 3.63) is 29.8 Å². The Hall–Kier alpha value is -1.97. The van der Waals surface area contributed by atoms with Gasteiger partial charge in [0.05, 0.1) is 24.2 Å². The molecule has 0 aromatic heterocycles. The van der Waals surface area contributed by atoms with Gasteiger partial charge in [-0.2, -0.15) is 0 Å². The number of benzene rings is 1. The molecule has 0 spiro atoms. The zero-order chi connectivity index (χ0) is 16.9. The van der Waals surface area contributed by atoms with Crippen molar-refractivity contribution in [1.29, 1.82) is 0 Å². The molecule has 23 heavy (non-hydrogen) atoms. The van der Waals surface area contributed by atoms with Crippen LogP contribution in [-0.2, 0) is 30.7 Å². The topological polar surface area (TPSA) is 128 Å². The first-order chi connectivity index (χ1) is 10.9. The van der Waals surface area contributed by atoms with E-state index in [0.717, 1.165) is 5.56 Å². The van der Waals surface area contributed by atoms with Crippen LogP contribution in [0.1, 0.15) is 5.56 Å². The second-order valence-corrected chi connectivity index (χ2v) is 7.40. The zero-order valence-electron chi connectivity index (χ0n) is 12.4. The maximum absolute atomic E-state index is 11.8. The number of carbonyl (C=O) groups excluding carboxylic acids is 2. The number of carbonyl (C=O) groups is 2. The van der Waals surface area contributed by atoms with Crippen molar-refractivity contribution in [2.24, 2.45) is 5.73 Å². The van der Waals surface area contributed by atoms with Crippen molar-refractivity contribution >= 4 is 27.3 Å². The lowest BCUT2D eigenvalue weighted by Crippen LogP contribution is -2.45. The quantitative estimate of drug-likeness (QED) is 0.604. The summed E-state index contributed by atoms with van der Waals surface area (Å²) in [5.74, 6) is -1.85. The van der Waals surface area contributed by atoms with Crippen LogP contribution in [0.15, 0.2) is 24.3 Å². The number of nitrogens with one attached hydrogen (secondary N) is 2. The summed E-state index contributed by atoms with van der Waals surface area (Å²) >= 11 is 0. The highest BCUT2D eigenvalue weighted by Crippen LogP contribution is 2.09. The van der Waals surface area contributed by atoms with E-state index < -0.39 is 27.8 Å². The largest absolute Gasteiger partial charge is 0.374 e.